The van der Waals surface area contributed by atoms with E-state index >= 15 is 0 Å². The first-order valence-electron chi connectivity index (χ1n) is 7.20. The molecule has 0 saturated heterocycles. The Morgan fingerprint density at radius 3 is 2.78 bits per heavy atom. The van der Waals surface area contributed by atoms with Crippen molar-refractivity contribution in [1.29, 1.82) is 0 Å². The zero-order chi connectivity index (χ0) is 13.0. The molecule has 1 aromatic rings. The zero-order valence-corrected chi connectivity index (χ0v) is 11.6. The topological polar surface area (TPSA) is 23.5 Å². The third kappa shape index (κ3) is 3.26. The first-order valence-corrected chi connectivity index (χ1v) is 7.20. The quantitative estimate of drug-likeness (QED) is 0.862. The van der Waals surface area contributed by atoms with Crippen LogP contribution in [0.3, 0.4) is 0 Å². The van der Waals surface area contributed by atoms with E-state index < -0.39 is 0 Å². The summed E-state index contributed by atoms with van der Waals surface area (Å²) in [6.45, 7) is 6.43. The van der Waals surface area contributed by atoms with Crippen molar-refractivity contribution in [3.8, 4) is 0 Å². The normalized spacial score (nSPS) is 23.3. The summed E-state index contributed by atoms with van der Waals surface area (Å²) in [5.41, 5.74) is 2.62. The van der Waals surface area contributed by atoms with E-state index in [0.717, 1.165) is 25.9 Å². The maximum atomic E-state index is 9.87. The molecule has 0 bridgehead atoms. The van der Waals surface area contributed by atoms with Gasteiger partial charge in [-0.15, -0.1) is 0 Å². The molecule has 0 heterocycles. The lowest BCUT2D eigenvalue weighted by Gasteiger charge is -2.26. The smallest absolute Gasteiger partial charge is 0.0569 e. The van der Waals surface area contributed by atoms with Crippen LogP contribution in [0.1, 0.15) is 38.2 Å². The maximum absolute atomic E-state index is 9.87. The minimum absolute atomic E-state index is 0.0544. The highest BCUT2D eigenvalue weighted by atomic mass is 16.3. The summed E-state index contributed by atoms with van der Waals surface area (Å²) in [4.78, 5) is 2.41. The van der Waals surface area contributed by atoms with E-state index in [4.69, 9.17) is 0 Å². The van der Waals surface area contributed by atoms with Crippen molar-refractivity contribution >= 4 is 5.69 Å². The fourth-order valence-electron chi connectivity index (χ4n) is 2.97. The molecule has 1 N–H and O–H groups in total. The first kappa shape index (κ1) is 13.4. The molecule has 0 spiro atoms. The second kappa shape index (κ2) is 6.24. The number of hydrogen-bond donors (Lipinski definition) is 1. The minimum atomic E-state index is -0.0544. The van der Waals surface area contributed by atoms with Gasteiger partial charge in [0.25, 0.3) is 0 Å². The van der Waals surface area contributed by atoms with Gasteiger partial charge < -0.3 is 10.0 Å². The second-order valence-corrected chi connectivity index (χ2v) is 5.47. The van der Waals surface area contributed by atoms with Crippen molar-refractivity contribution < 1.29 is 5.11 Å². The van der Waals surface area contributed by atoms with Crippen LogP contribution in [-0.4, -0.2) is 24.3 Å². The fraction of sp³-hybridized carbons (Fsp3) is 0.625. The molecule has 2 heteroatoms. The van der Waals surface area contributed by atoms with Crippen LogP contribution in [0.15, 0.2) is 24.3 Å². The van der Waals surface area contributed by atoms with Gasteiger partial charge in [0.1, 0.15) is 0 Å². The summed E-state index contributed by atoms with van der Waals surface area (Å²) >= 11 is 0. The molecule has 1 aromatic carbocycles. The third-order valence-corrected chi connectivity index (χ3v) is 4.14. The Labute approximate surface area is 111 Å². The molecular weight excluding hydrogens is 222 g/mol. The van der Waals surface area contributed by atoms with Crippen molar-refractivity contribution in [1.82, 2.24) is 0 Å². The van der Waals surface area contributed by atoms with Gasteiger partial charge in [-0.05, 0) is 56.7 Å². The Morgan fingerprint density at radius 1 is 1.33 bits per heavy atom. The number of nitrogens with zero attached hydrogens (tertiary/aromatic N) is 1. The molecule has 2 atom stereocenters. The standard InChI is InChI=1S/C16H25NO/c1-3-17(15-8-4-6-13(2)12-15)11-10-14-7-5-9-16(14)18/h4,6,8,12,14,16,18H,3,5,7,9-11H2,1-2H3. The summed E-state index contributed by atoms with van der Waals surface area (Å²) in [6, 6.07) is 8.69. The van der Waals surface area contributed by atoms with Gasteiger partial charge in [0.2, 0.25) is 0 Å². The van der Waals surface area contributed by atoms with E-state index in [2.05, 4.69) is 43.0 Å². The predicted molar refractivity (Wildman–Crippen MR) is 77.0 cm³/mol. The summed E-state index contributed by atoms with van der Waals surface area (Å²) < 4.78 is 0. The molecule has 0 aliphatic heterocycles. The monoisotopic (exact) mass is 247 g/mol. The highest BCUT2D eigenvalue weighted by Crippen LogP contribution is 2.29. The number of benzene rings is 1. The van der Waals surface area contributed by atoms with Crippen molar-refractivity contribution in [2.75, 3.05) is 18.0 Å². The van der Waals surface area contributed by atoms with Crippen molar-refractivity contribution in [2.45, 2.75) is 45.6 Å². The lowest BCUT2D eigenvalue weighted by atomic mass is 10.0. The number of hydrogen-bond acceptors (Lipinski definition) is 2. The Balaban J connectivity index is 1.93. The average Bonchev–Trinajstić information content (AvgIpc) is 2.76. The Hall–Kier alpha value is -1.02. The number of aliphatic hydroxyl groups excluding tert-OH is 1. The van der Waals surface area contributed by atoms with E-state index in [9.17, 15) is 5.11 Å². The molecule has 1 aliphatic rings. The average molecular weight is 247 g/mol. The molecular formula is C16H25NO. The largest absolute Gasteiger partial charge is 0.393 e. The first-order chi connectivity index (χ1) is 8.70. The maximum Gasteiger partial charge on any atom is 0.0569 e. The molecule has 2 unspecified atom stereocenters. The van der Waals surface area contributed by atoms with Crippen LogP contribution in [0, 0.1) is 12.8 Å². The van der Waals surface area contributed by atoms with Gasteiger partial charge in [0, 0.05) is 18.8 Å². The highest BCUT2D eigenvalue weighted by molar-refractivity contribution is 5.48. The van der Waals surface area contributed by atoms with E-state index in [1.807, 2.05) is 0 Å². The molecule has 1 fully saturated rings. The molecule has 1 saturated carbocycles. The summed E-state index contributed by atoms with van der Waals surface area (Å²) in [7, 11) is 0. The summed E-state index contributed by atoms with van der Waals surface area (Å²) in [6.07, 6.45) is 4.46. The van der Waals surface area contributed by atoms with Crippen LogP contribution in [0.2, 0.25) is 0 Å². The predicted octanol–water partition coefficient (Wildman–Crippen LogP) is 3.37. The SMILES string of the molecule is CCN(CCC1CCCC1O)c1cccc(C)c1. The fourth-order valence-corrected chi connectivity index (χ4v) is 2.97. The van der Waals surface area contributed by atoms with E-state index in [1.54, 1.807) is 0 Å². The van der Waals surface area contributed by atoms with Gasteiger partial charge in [0.05, 0.1) is 6.10 Å². The van der Waals surface area contributed by atoms with Gasteiger partial charge in [-0.1, -0.05) is 18.6 Å². The van der Waals surface area contributed by atoms with Crippen LogP contribution in [0.25, 0.3) is 0 Å². The van der Waals surface area contributed by atoms with Crippen molar-refractivity contribution in [3.63, 3.8) is 0 Å². The molecule has 0 radical (unpaired) electrons. The van der Waals surface area contributed by atoms with Gasteiger partial charge in [0.15, 0.2) is 0 Å². The lowest BCUT2D eigenvalue weighted by Crippen LogP contribution is -2.27. The second-order valence-electron chi connectivity index (χ2n) is 5.47. The van der Waals surface area contributed by atoms with Gasteiger partial charge in [-0.25, -0.2) is 0 Å². The minimum Gasteiger partial charge on any atom is -0.393 e. The van der Waals surface area contributed by atoms with Crippen LogP contribution < -0.4 is 4.90 Å². The zero-order valence-electron chi connectivity index (χ0n) is 11.6. The highest BCUT2D eigenvalue weighted by Gasteiger charge is 2.25. The number of rotatable bonds is 5. The van der Waals surface area contributed by atoms with Crippen LogP contribution in [-0.2, 0) is 0 Å². The van der Waals surface area contributed by atoms with E-state index in [1.165, 1.54) is 24.1 Å². The molecule has 0 aromatic heterocycles. The Bertz CT molecular complexity index is 377. The number of aliphatic hydroxyl groups is 1. The molecule has 18 heavy (non-hydrogen) atoms. The number of aryl methyl sites for hydroxylation is 1. The molecule has 100 valence electrons. The van der Waals surface area contributed by atoms with Crippen LogP contribution in [0.4, 0.5) is 5.69 Å². The lowest BCUT2D eigenvalue weighted by molar-refractivity contribution is 0.129. The molecule has 1 aliphatic carbocycles. The third-order valence-electron chi connectivity index (χ3n) is 4.14. The van der Waals surface area contributed by atoms with Crippen molar-refractivity contribution in [3.05, 3.63) is 29.8 Å². The van der Waals surface area contributed by atoms with Crippen molar-refractivity contribution in [2.24, 2.45) is 5.92 Å². The van der Waals surface area contributed by atoms with Crippen LogP contribution in [0.5, 0.6) is 0 Å². The number of anilines is 1. The van der Waals surface area contributed by atoms with Gasteiger partial charge >= 0.3 is 0 Å². The Kier molecular flexibility index (Phi) is 4.65. The Morgan fingerprint density at radius 2 is 2.17 bits per heavy atom. The van der Waals surface area contributed by atoms with E-state index in [0.29, 0.717) is 5.92 Å². The molecule has 0 amide bonds. The molecule has 2 rings (SSSR count). The molecule has 2 nitrogen and oxygen atoms in total. The van der Waals surface area contributed by atoms with Gasteiger partial charge in [-0.3, -0.25) is 0 Å². The summed E-state index contributed by atoms with van der Waals surface area (Å²) in [5, 5.41) is 9.87. The summed E-state index contributed by atoms with van der Waals surface area (Å²) in [5.74, 6) is 0.517. The van der Waals surface area contributed by atoms with E-state index in [-0.39, 0.29) is 6.10 Å². The van der Waals surface area contributed by atoms with Gasteiger partial charge in [-0.2, -0.15) is 0 Å². The van der Waals surface area contributed by atoms with Crippen LogP contribution >= 0.6 is 0 Å².